The lowest BCUT2D eigenvalue weighted by atomic mass is 10.0. The molecule has 15 heavy (non-hydrogen) atoms. The Labute approximate surface area is 92.5 Å². The average Bonchev–Trinajstić information content (AvgIpc) is 2.29. The van der Waals surface area contributed by atoms with Crippen LogP contribution in [0, 0.1) is 0 Å². The average molecular weight is 212 g/mol. The van der Waals surface area contributed by atoms with Gasteiger partial charge in [0, 0.05) is 0 Å². The van der Waals surface area contributed by atoms with Crippen LogP contribution in [0.4, 0.5) is 0 Å². The predicted molar refractivity (Wildman–Crippen MR) is 72.6 cm³/mol. The maximum Gasteiger partial charge on any atom is -0.0105 e. The van der Waals surface area contributed by atoms with Crippen LogP contribution in [0.15, 0.2) is 60.7 Å². The number of benzene rings is 3. The van der Waals surface area contributed by atoms with E-state index in [4.69, 9.17) is 0 Å². The Morgan fingerprint density at radius 3 is 1.33 bits per heavy atom. The fraction of sp³-hybridized carbons (Fsp3) is 0. The van der Waals surface area contributed by atoms with Crippen molar-refractivity contribution in [2.45, 2.75) is 0 Å². The number of hydrogen-bond donors (Lipinski definition) is 0. The molecule has 0 aliphatic carbocycles. The van der Waals surface area contributed by atoms with E-state index in [0.717, 1.165) is 0 Å². The number of hydrogen-bond acceptors (Lipinski definition) is 0. The van der Waals surface area contributed by atoms with E-state index >= 15 is 0 Å². The Bertz CT molecular complexity index is 544. The molecule has 0 aliphatic rings. The summed E-state index contributed by atoms with van der Waals surface area (Å²) in [6.07, 6.45) is 0. The third kappa shape index (κ3) is 1.62. The number of rotatable bonds is 0. The highest BCUT2D eigenvalue weighted by molar-refractivity contribution is 6.92. The second-order valence-corrected chi connectivity index (χ2v) is 3.51. The van der Waals surface area contributed by atoms with Gasteiger partial charge in [0.05, 0.1) is 0 Å². The summed E-state index contributed by atoms with van der Waals surface area (Å²) in [5.41, 5.74) is 0. The molecule has 0 radical (unpaired) electrons. The van der Waals surface area contributed by atoms with Gasteiger partial charge >= 0.3 is 0 Å². The van der Waals surface area contributed by atoms with Gasteiger partial charge in [0.2, 0.25) is 0 Å². The van der Waals surface area contributed by atoms with Crippen molar-refractivity contribution in [3.8, 4) is 0 Å². The van der Waals surface area contributed by atoms with Crippen LogP contribution in [0.1, 0.15) is 0 Å². The molecule has 0 aliphatic heterocycles. The predicted octanol–water partition coefficient (Wildman–Crippen LogP) is 4.05. The van der Waals surface area contributed by atoms with Crippen LogP contribution in [0.5, 0.6) is 0 Å². The van der Waals surface area contributed by atoms with Gasteiger partial charge in [0.15, 0.2) is 0 Å². The van der Waals surface area contributed by atoms with E-state index in [1.54, 1.807) is 0 Å². The Balaban J connectivity index is 0.000000853. The third-order valence-electron chi connectivity index (χ3n) is 2.65. The van der Waals surface area contributed by atoms with Gasteiger partial charge in [0.25, 0.3) is 0 Å². The molecule has 74 valence electrons. The second-order valence-electron chi connectivity index (χ2n) is 3.51. The summed E-state index contributed by atoms with van der Waals surface area (Å²) in [4.78, 5) is 0. The standard InChI is InChI=1S/C14H10.H3P/c1-3-7-13-11(5-1)9-10-12-6-2-4-8-14(12)13;/h1-10H;1H3. The lowest BCUT2D eigenvalue weighted by molar-refractivity contribution is 1.76. The van der Waals surface area contributed by atoms with Crippen LogP contribution in [0.2, 0.25) is 0 Å². The van der Waals surface area contributed by atoms with Gasteiger partial charge in [-0.3, -0.25) is 0 Å². The molecular formula is C14H13P. The molecule has 0 nitrogen and oxygen atoms in total. The Morgan fingerprint density at radius 1 is 0.467 bits per heavy atom. The fourth-order valence-corrected chi connectivity index (χ4v) is 1.95. The molecule has 0 aromatic heterocycles. The molecule has 0 heterocycles. The topological polar surface area (TPSA) is 0 Å². The van der Waals surface area contributed by atoms with Crippen LogP contribution in [0.3, 0.4) is 0 Å². The lowest BCUT2D eigenvalue weighted by Gasteiger charge is -2.02. The van der Waals surface area contributed by atoms with Crippen molar-refractivity contribution in [1.82, 2.24) is 0 Å². The molecule has 3 aromatic rings. The molecule has 0 amide bonds. The molecule has 0 spiro atoms. The zero-order valence-electron chi connectivity index (χ0n) is 8.48. The minimum Gasteiger partial charge on any atom is -0.153 e. The highest BCUT2D eigenvalue weighted by Gasteiger charge is 1.97. The summed E-state index contributed by atoms with van der Waals surface area (Å²) in [5, 5.41) is 5.30. The van der Waals surface area contributed by atoms with Crippen LogP contribution in [-0.4, -0.2) is 0 Å². The minimum absolute atomic E-state index is 0. The van der Waals surface area contributed by atoms with Gasteiger partial charge in [0.1, 0.15) is 0 Å². The van der Waals surface area contributed by atoms with Gasteiger partial charge in [-0.1, -0.05) is 60.7 Å². The molecular weight excluding hydrogens is 199 g/mol. The molecule has 0 saturated carbocycles. The van der Waals surface area contributed by atoms with Gasteiger partial charge < -0.3 is 0 Å². The molecule has 3 rings (SSSR count). The highest BCUT2D eigenvalue weighted by Crippen LogP contribution is 2.24. The van der Waals surface area contributed by atoms with Crippen LogP contribution in [0.25, 0.3) is 21.5 Å². The zero-order valence-corrected chi connectivity index (χ0v) is 9.89. The molecule has 0 bridgehead atoms. The van der Waals surface area contributed by atoms with E-state index in [1.165, 1.54) is 21.5 Å². The van der Waals surface area contributed by atoms with Gasteiger partial charge in [-0.05, 0) is 21.5 Å². The Morgan fingerprint density at radius 2 is 0.867 bits per heavy atom. The lowest BCUT2D eigenvalue weighted by Crippen LogP contribution is -1.75. The summed E-state index contributed by atoms with van der Waals surface area (Å²) in [7, 11) is 0. The highest BCUT2D eigenvalue weighted by atomic mass is 31.0. The summed E-state index contributed by atoms with van der Waals surface area (Å²) >= 11 is 0. The second kappa shape index (κ2) is 4.00. The Hall–Kier alpha value is -1.39. The first-order valence-electron chi connectivity index (χ1n) is 4.82. The molecule has 1 unspecified atom stereocenters. The summed E-state index contributed by atoms with van der Waals surface area (Å²) in [6, 6.07) is 21.4. The molecule has 0 saturated heterocycles. The largest absolute Gasteiger partial charge is 0.153 e. The van der Waals surface area contributed by atoms with E-state index in [-0.39, 0.29) is 9.90 Å². The van der Waals surface area contributed by atoms with Crippen molar-refractivity contribution in [2.75, 3.05) is 0 Å². The van der Waals surface area contributed by atoms with Crippen LogP contribution in [-0.2, 0) is 0 Å². The first kappa shape index (κ1) is 10.1. The van der Waals surface area contributed by atoms with Crippen molar-refractivity contribution in [3.63, 3.8) is 0 Å². The minimum atomic E-state index is 0. The normalized spacial score (nSPS) is 10.1. The van der Waals surface area contributed by atoms with Crippen molar-refractivity contribution in [2.24, 2.45) is 0 Å². The summed E-state index contributed by atoms with van der Waals surface area (Å²) < 4.78 is 0. The van der Waals surface area contributed by atoms with E-state index < -0.39 is 0 Å². The molecule has 3 aromatic carbocycles. The summed E-state index contributed by atoms with van der Waals surface area (Å²) in [5.74, 6) is 0. The van der Waals surface area contributed by atoms with Crippen LogP contribution < -0.4 is 0 Å². The van der Waals surface area contributed by atoms with Gasteiger partial charge in [-0.2, -0.15) is 9.90 Å². The van der Waals surface area contributed by atoms with E-state index in [0.29, 0.717) is 0 Å². The van der Waals surface area contributed by atoms with Crippen molar-refractivity contribution < 1.29 is 0 Å². The van der Waals surface area contributed by atoms with Gasteiger partial charge in [-0.15, -0.1) is 0 Å². The maximum absolute atomic E-state index is 2.18. The van der Waals surface area contributed by atoms with Crippen LogP contribution >= 0.6 is 9.90 Å². The quantitative estimate of drug-likeness (QED) is 0.389. The van der Waals surface area contributed by atoms with E-state index in [1.807, 2.05) is 0 Å². The van der Waals surface area contributed by atoms with E-state index in [2.05, 4.69) is 60.7 Å². The van der Waals surface area contributed by atoms with Gasteiger partial charge in [-0.25, -0.2) is 0 Å². The molecule has 0 N–H and O–H groups in total. The number of fused-ring (bicyclic) bond motifs is 3. The molecule has 1 atom stereocenters. The van der Waals surface area contributed by atoms with E-state index in [9.17, 15) is 0 Å². The molecule has 1 heteroatoms. The third-order valence-corrected chi connectivity index (χ3v) is 2.65. The zero-order chi connectivity index (χ0) is 9.38. The Kier molecular flexibility index (Phi) is 2.70. The molecule has 0 fully saturated rings. The summed E-state index contributed by atoms with van der Waals surface area (Å²) in [6.45, 7) is 0. The first-order valence-corrected chi connectivity index (χ1v) is 4.82. The SMILES string of the molecule is P.c1ccc2c(c1)ccc1ccccc12. The van der Waals surface area contributed by atoms with Crippen molar-refractivity contribution >= 4 is 31.4 Å². The van der Waals surface area contributed by atoms with Crippen molar-refractivity contribution in [1.29, 1.82) is 0 Å². The van der Waals surface area contributed by atoms with Crippen molar-refractivity contribution in [3.05, 3.63) is 60.7 Å². The first-order chi connectivity index (χ1) is 6.95. The monoisotopic (exact) mass is 212 g/mol. The fourth-order valence-electron chi connectivity index (χ4n) is 1.95. The smallest absolute Gasteiger partial charge is 0.0105 e. The maximum atomic E-state index is 2.18.